The van der Waals surface area contributed by atoms with E-state index in [1.807, 2.05) is 0 Å². The van der Waals surface area contributed by atoms with Crippen molar-refractivity contribution in [3.05, 3.63) is 31.4 Å². The zero-order chi connectivity index (χ0) is 5.70. The third-order valence-corrected chi connectivity index (χ3v) is 0.520. The van der Waals surface area contributed by atoms with Gasteiger partial charge in [-0.1, -0.05) is 12.7 Å². The highest BCUT2D eigenvalue weighted by molar-refractivity contribution is 4.99. The van der Waals surface area contributed by atoms with Crippen LogP contribution in [0.1, 0.15) is 6.42 Å². The van der Waals surface area contributed by atoms with Crippen LogP contribution in [0.2, 0.25) is 0 Å². The molecule has 0 bridgehead atoms. The molecule has 0 aliphatic heterocycles. The first-order valence-corrected chi connectivity index (χ1v) is 2.09. The quantitative estimate of drug-likeness (QED) is 0.421. The van der Waals surface area contributed by atoms with E-state index in [0.29, 0.717) is 6.42 Å². The zero-order valence-electron chi connectivity index (χ0n) is 4.22. The fourth-order valence-electron chi connectivity index (χ4n) is 0.219. The summed E-state index contributed by atoms with van der Waals surface area (Å²) >= 11 is 0. The van der Waals surface area contributed by atoms with Crippen LogP contribution in [0.5, 0.6) is 0 Å². The fourth-order valence-corrected chi connectivity index (χ4v) is 0.219. The molecule has 0 aliphatic rings. The normalized spacial score (nSPS) is 8.00. The van der Waals surface area contributed by atoms with Gasteiger partial charge in [-0.15, -0.1) is 6.58 Å². The number of hydrogen-bond acceptors (Lipinski definition) is 1. The molecule has 1 heteroatoms. The monoisotopic (exact) mass is 97.1 g/mol. The molecular weight excluding hydrogens is 88.1 g/mol. The molecule has 0 rings (SSSR count). The Kier molecular flexibility index (Phi) is 3.11. The van der Waals surface area contributed by atoms with Gasteiger partial charge < -0.3 is 5.11 Å². The SMILES string of the molecule is C=CC[CH]C(=C)O. The molecule has 0 aromatic heterocycles. The van der Waals surface area contributed by atoms with Gasteiger partial charge in [0.1, 0.15) is 0 Å². The lowest BCUT2D eigenvalue weighted by Crippen LogP contribution is -1.75. The van der Waals surface area contributed by atoms with E-state index < -0.39 is 0 Å². The summed E-state index contributed by atoms with van der Waals surface area (Å²) in [5, 5.41) is 8.39. The standard InChI is InChI=1S/C6H9O/c1-3-4-5-6(2)7/h3,5,7H,1-2,4H2. The van der Waals surface area contributed by atoms with E-state index in [1.54, 1.807) is 12.5 Å². The van der Waals surface area contributed by atoms with Gasteiger partial charge in [0.05, 0.1) is 5.76 Å². The van der Waals surface area contributed by atoms with E-state index in [-0.39, 0.29) is 5.76 Å². The van der Waals surface area contributed by atoms with Crippen LogP contribution in [0.15, 0.2) is 25.0 Å². The van der Waals surface area contributed by atoms with Gasteiger partial charge in [-0.2, -0.15) is 0 Å². The second kappa shape index (κ2) is 3.47. The molecule has 0 amide bonds. The molecule has 0 fully saturated rings. The zero-order valence-corrected chi connectivity index (χ0v) is 4.22. The Balaban J connectivity index is 2.97. The van der Waals surface area contributed by atoms with Crippen LogP contribution in [0.25, 0.3) is 0 Å². The summed E-state index contributed by atoms with van der Waals surface area (Å²) in [6.07, 6.45) is 3.98. The van der Waals surface area contributed by atoms with Gasteiger partial charge in [-0.25, -0.2) is 0 Å². The number of rotatable bonds is 3. The lowest BCUT2D eigenvalue weighted by molar-refractivity contribution is 0.422. The van der Waals surface area contributed by atoms with Crippen molar-refractivity contribution in [1.29, 1.82) is 0 Å². The lowest BCUT2D eigenvalue weighted by Gasteiger charge is -1.87. The Bertz CT molecular complexity index is 74.2. The maximum Gasteiger partial charge on any atom is 0.0892 e. The molecule has 0 aromatic carbocycles. The largest absolute Gasteiger partial charge is 0.513 e. The highest BCUT2D eigenvalue weighted by Gasteiger charge is 1.82. The average Bonchev–Trinajstić information content (AvgIpc) is 1.61. The van der Waals surface area contributed by atoms with Crippen molar-refractivity contribution >= 4 is 0 Å². The minimum atomic E-state index is 0.111. The molecule has 0 saturated carbocycles. The minimum Gasteiger partial charge on any atom is -0.513 e. The molecule has 7 heavy (non-hydrogen) atoms. The maximum atomic E-state index is 8.39. The van der Waals surface area contributed by atoms with Crippen LogP contribution in [-0.4, -0.2) is 5.11 Å². The molecule has 0 aliphatic carbocycles. The molecular formula is C6H9O. The van der Waals surface area contributed by atoms with E-state index in [1.165, 1.54) is 0 Å². The van der Waals surface area contributed by atoms with Gasteiger partial charge in [0.15, 0.2) is 0 Å². The Hall–Kier alpha value is -0.720. The van der Waals surface area contributed by atoms with Gasteiger partial charge in [-0.05, 0) is 6.42 Å². The van der Waals surface area contributed by atoms with Crippen molar-refractivity contribution in [1.82, 2.24) is 0 Å². The first-order valence-electron chi connectivity index (χ1n) is 2.09. The van der Waals surface area contributed by atoms with E-state index in [9.17, 15) is 0 Å². The van der Waals surface area contributed by atoms with Gasteiger partial charge in [-0.3, -0.25) is 0 Å². The van der Waals surface area contributed by atoms with Gasteiger partial charge >= 0.3 is 0 Å². The van der Waals surface area contributed by atoms with Crippen LogP contribution in [-0.2, 0) is 0 Å². The van der Waals surface area contributed by atoms with Gasteiger partial charge in [0, 0.05) is 6.42 Å². The third-order valence-electron chi connectivity index (χ3n) is 0.520. The molecule has 0 aromatic rings. The van der Waals surface area contributed by atoms with E-state index in [4.69, 9.17) is 5.11 Å². The predicted octanol–water partition coefficient (Wildman–Crippen LogP) is 1.84. The van der Waals surface area contributed by atoms with Crippen molar-refractivity contribution in [3.8, 4) is 0 Å². The van der Waals surface area contributed by atoms with Crippen molar-refractivity contribution in [2.75, 3.05) is 0 Å². The highest BCUT2D eigenvalue weighted by Crippen LogP contribution is 1.93. The van der Waals surface area contributed by atoms with Crippen LogP contribution in [0.3, 0.4) is 0 Å². The summed E-state index contributed by atoms with van der Waals surface area (Å²) in [7, 11) is 0. The second-order valence-electron chi connectivity index (χ2n) is 1.22. The third kappa shape index (κ3) is 5.28. The number of hydrogen-bond donors (Lipinski definition) is 1. The summed E-state index contributed by atoms with van der Waals surface area (Å²) in [4.78, 5) is 0. The van der Waals surface area contributed by atoms with Crippen molar-refractivity contribution in [2.45, 2.75) is 6.42 Å². The smallest absolute Gasteiger partial charge is 0.0892 e. The summed E-state index contributed by atoms with van der Waals surface area (Å²) in [6.45, 7) is 6.69. The molecule has 1 radical (unpaired) electrons. The van der Waals surface area contributed by atoms with Gasteiger partial charge in [0.2, 0.25) is 0 Å². The van der Waals surface area contributed by atoms with E-state index in [2.05, 4.69) is 13.2 Å². The molecule has 39 valence electrons. The van der Waals surface area contributed by atoms with E-state index >= 15 is 0 Å². The number of aliphatic hydroxyl groups excluding tert-OH is 1. The molecule has 0 spiro atoms. The van der Waals surface area contributed by atoms with Crippen LogP contribution in [0.4, 0.5) is 0 Å². The maximum absolute atomic E-state index is 8.39. The minimum absolute atomic E-state index is 0.111. The Morgan fingerprint density at radius 3 is 2.43 bits per heavy atom. The van der Waals surface area contributed by atoms with Crippen LogP contribution in [0, 0.1) is 6.42 Å². The summed E-state index contributed by atoms with van der Waals surface area (Å²) < 4.78 is 0. The molecule has 0 atom stereocenters. The molecule has 1 N–H and O–H groups in total. The van der Waals surface area contributed by atoms with Crippen LogP contribution < -0.4 is 0 Å². The van der Waals surface area contributed by atoms with Gasteiger partial charge in [0.25, 0.3) is 0 Å². The van der Waals surface area contributed by atoms with Crippen molar-refractivity contribution < 1.29 is 5.11 Å². The molecule has 1 nitrogen and oxygen atoms in total. The molecule has 0 unspecified atom stereocenters. The number of aliphatic hydroxyl groups is 1. The Morgan fingerprint density at radius 2 is 2.29 bits per heavy atom. The van der Waals surface area contributed by atoms with E-state index in [0.717, 1.165) is 0 Å². The fraction of sp³-hybridized carbons (Fsp3) is 0.167. The summed E-state index contributed by atoms with van der Waals surface area (Å²) in [6, 6.07) is 0. The average molecular weight is 97.1 g/mol. The topological polar surface area (TPSA) is 20.2 Å². The Morgan fingerprint density at radius 1 is 1.71 bits per heavy atom. The first kappa shape index (κ1) is 6.28. The lowest BCUT2D eigenvalue weighted by atomic mass is 10.3. The first-order chi connectivity index (χ1) is 3.27. The summed E-state index contributed by atoms with van der Waals surface area (Å²) in [5.74, 6) is 0.111. The number of allylic oxidation sites excluding steroid dienone is 2. The predicted molar refractivity (Wildman–Crippen MR) is 30.9 cm³/mol. The van der Waals surface area contributed by atoms with Crippen molar-refractivity contribution in [3.63, 3.8) is 0 Å². The Labute approximate surface area is 44.0 Å². The van der Waals surface area contributed by atoms with Crippen molar-refractivity contribution in [2.24, 2.45) is 0 Å². The summed E-state index contributed by atoms with van der Waals surface area (Å²) in [5.41, 5.74) is 0. The highest BCUT2D eigenvalue weighted by atomic mass is 16.3. The molecule has 0 saturated heterocycles. The molecule has 0 heterocycles. The second-order valence-corrected chi connectivity index (χ2v) is 1.22. The van der Waals surface area contributed by atoms with Crippen LogP contribution >= 0.6 is 0 Å².